The van der Waals surface area contributed by atoms with Crippen molar-refractivity contribution in [2.24, 2.45) is 0 Å². The van der Waals surface area contributed by atoms with Gasteiger partial charge in [-0.1, -0.05) is 6.07 Å². The monoisotopic (exact) mass is 321 g/mol. The Hall–Kier alpha value is -2.40. The van der Waals surface area contributed by atoms with Gasteiger partial charge in [-0.3, -0.25) is 10.1 Å². The molecule has 0 aliphatic carbocycles. The number of benzene rings is 1. The Morgan fingerprint density at radius 1 is 1.04 bits per heavy atom. The van der Waals surface area contributed by atoms with Crippen LogP contribution in [0.4, 0.5) is 5.69 Å². The van der Waals surface area contributed by atoms with Crippen molar-refractivity contribution in [1.82, 2.24) is 20.1 Å². The number of hydrogen-bond donors (Lipinski definition) is 1. The highest BCUT2D eigenvalue weighted by molar-refractivity contribution is 5.95. The molecule has 3 aromatic rings. The summed E-state index contributed by atoms with van der Waals surface area (Å²) in [5.41, 5.74) is 6.89. The molecule has 0 amide bonds. The first-order valence-corrected chi connectivity index (χ1v) is 8.47. The molecule has 4 rings (SSSR count). The van der Waals surface area contributed by atoms with E-state index in [1.165, 1.54) is 22.2 Å². The zero-order valence-corrected chi connectivity index (χ0v) is 14.5. The van der Waals surface area contributed by atoms with Gasteiger partial charge in [0.25, 0.3) is 0 Å². The molecule has 0 atom stereocenters. The summed E-state index contributed by atoms with van der Waals surface area (Å²) in [6, 6.07) is 8.68. The van der Waals surface area contributed by atoms with Gasteiger partial charge in [0.1, 0.15) is 0 Å². The predicted molar refractivity (Wildman–Crippen MR) is 98.5 cm³/mol. The molecule has 1 fully saturated rings. The lowest BCUT2D eigenvalue weighted by atomic mass is 10.0. The standard InChI is InChI=1S/C19H23N5/c1-13-19(14(2)22-21-13)15-4-5-17-16(12-15)18(6-7-20-17)24-10-8-23(3)9-11-24/h4-7,12H,8-11H2,1-3H3,(H,21,22). The van der Waals surface area contributed by atoms with E-state index in [9.17, 15) is 0 Å². The average molecular weight is 321 g/mol. The Morgan fingerprint density at radius 2 is 1.83 bits per heavy atom. The van der Waals surface area contributed by atoms with E-state index in [1.807, 2.05) is 13.1 Å². The molecule has 1 N–H and O–H groups in total. The van der Waals surface area contributed by atoms with Crippen molar-refractivity contribution in [3.8, 4) is 11.1 Å². The minimum atomic E-state index is 1.04. The highest BCUT2D eigenvalue weighted by Crippen LogP contribution is 2.32. The third-order valence-corrected chi connectivity index (χ3v) is 4.98. The molecule has 1 aliphatic rings. The number of likely N-dealkylation sites (N-methyl/N-ethyl adjacent to an activating group) is 1. The van der Waals surface area contributed by atoms with Gasteiger partial charge in [0.2, 0.25) is 0 Å². The summed E-state index contributed by atoms with van der Waals surface area (Å²) in [6.45, 7) is 8.44. The quantitative estimate of drug-likeness (QED) is 0.788. The van der Waals surface area contributed by atoms with Gasteiger partial charge in [-0.05, 0) is 44.7 Å². The van der Waals surface area contributed by atoms with Gasteiger partial charge in [0, 0.05) is 54.7 Å². The lowest BCUT2D eigenvalue weighted by Gasteiger charge is -2.34. The third kappa shape index (κ3) is 2.55. The molecule has 5 nitrogen and oxygen atoms in total. The largest absolute Gasteiger partial charge is 0.368 e. The summed E-state index contributed by atoms with van der Waals surface area (Å²) in [6.07, 6.45) is 1.92. The Morgan fingerprint density at radius 3 is 2.54 bits per heavy atom. The fraction of sp³-hybridized carbons (Fsp3) is 0.368. The average Bonchev–Trinajstić information content (AvgIpc) is 2.93. The Bertz CT molecular complexity index is 855. The van der Waals surface area contributed by atoms with Gasteiger partial charge < -0.3 is 9.80 Å². The summed E-state index contributed by atoms with van der Waals surface area (Å²) in [7, 11) is 2.19. The number of nitrogens with zero attached hydrogens (tertiary/aromatic N) is 4. The smallest absolute Gasteiger partial charge is 0.0723 e. The van der Waals surface area contributed by atoms with E-state index < -0.39 is 0 Å². The second-order valence-electron chi connectivity index (χ2n) is 6.66. The lowest BCUT2D eigenvalue weighted by molar-refractivity contribution is 0.313. The van der Waals surface area contributed by atoms with E-state index in [0.717, 1.165) is 43.1 Å². The van der Waals surface area contributed by atoms with Crippen LogP contribution in [0.15, 0.2) is 30.5 Å². The van der Waals surface area contributed by atoms with Gasteiger partial charge in [-0.15, -0.1) is 0 Å². The lowest BCUT2D eigenvalue weighted by Crippen LogP contribution is -2.44. The summed E-state index contributed by atoms with van der Waals surface area (Å²) in [4.78, 5) is 9.41. The Kier molecular flexibility index (Phi) is 3.73. The number of aromatic nitrogens is 3. The number of hydrogen-bond acceptors (Lipinski definition) is 4. The van der Waals surface area contributed by atoms with Gasteiger partial charge in [-0.2, -0.15) is 5.10 Å². The number of fused-ring (bicyclic) bond motifs is 1. The highest BCUT2D eigenvalue weighted by atomic mass is 15.2. The molecule has 3 heterocycles. The molecular weight excluding hydrogens is 298 g/mol. The molecule has 0 saturated carbocycles. The van der Waals surface area contributed by atoms with E-state index in [-0.39, 0.29) is 0 Å². The molecule has 1 aliphatic heterocycles. The van der Waals surface area contributed by atoms with E-state index in [2.05, 4.69) is 63.2 Å². The number of piperazine rings is 1. The molecule has 1 aromatic carbocycles. The number of pyridine rings is 1. The first-order valence-electron chi connectivity index (χ1n) is 8.47. The van der Waals surface area contributed by atoms with Crippen LogP contribution in [-0.2, 0) is 0 Å². The van der Waals surface area contributed by atoms with Crippen LogP contribution in [0.2, 0.25) is 0 Å². The zero-order valence-electron chi connectivity index (χ0n) is 14.5. The van der Waals surface area contributed by atoms with Crippen molar-refractivity contribution >= 4 is 16.6 Å². The van der Waals surface area contributed by atoms with Crippen LogP contribution in [0.5, 0.6) is 0 Å². The molecule has 2 aromatic heterocycles. The van der Waals surface area contributed by atoms with Crippen LogP contribution in [0, 0.1) is 13.8 Å². The van der Waals surface area contributed by atoms with Crippen LogP contribution < -0.4 is 4.90 Å². The van der Waals surface area contributed by atoms with Crippen LogP contribution in [-0.4, -0.2) is 53.3 Å². The van der Waals surface area contributed by atoms with Gasteiger partial charge in [0.15, 0.2) is 0 Å². The van der Waals surface area contributed by atoms with Crippen molar-refractivity contribution in [2.45, 2.75) is 13.8 Å². The van der Waals surface area contributed by atoms with Gasteiger partial charge >= 0.3 is 0 Å². The molecule has 5 heteroatoms. The van der Waals surface area contributed by atoms with Crippen LogP contribution in [0.1, 0.15) is 11.4 Å². The molecule has 0 radical (unpaired) electrons. The first-order chi connectivity index (χ1) is 11.6. The summed E-state index contributed by atoms with van der Waals surface area (Å²) >= 11 is 0. The summed E-state index contributed by atoms with van der Waals surface area (Å²) in [5, 5.41) is 8.64. The van der Waals surface area contributed by atoms with Crippen molar-refractivity contribution in [2.75, 3.05) is 38.1 Å². The summed E-state index contributed by atoms with van der Waals surface area (Å²) in [5.74, 6) is 0. The van der Waals surface area contributed by atoms with Crippen molar-refractivity contribution < 1.29 is 0 Å². The maximum atomic E-state index is 4.56. The minimum Gasteiger partial charge on any atom is -0.368 e. The molecule has 24 heavy (non-hydrogen) atoms. The fourth-order valence-corrected chi connectivity index (χ4v) is 3.59. The Balaban J connectivity index is 1.82. The number of anilines is 1. The second kappa shape index (κ2) is 5.91. The molecule has 124 valence electrons. The van der Waals surface area contributed by atoms with E-state index >= 15 is 0 Å². The van der Waals surface area contributed by atoms with Gasteiger partial charge in [-0.25, -0.2) is 0 Å². The topological polar surface area (TPSA) is 48.1 Å². The number of rotatable bonds is 2. The normalized spacial score (nSPS) is 16.0. The van der Waals surface area contributed by atoms with Crippen LogP contribution in [0.3, 0.4) is 0 Å². The first kappa shape index (κ1) is 15.1. The summed E-state index contributed by atoms with van der Waals surface area (Å²) < 4.78 is 0. The van der Waals surface area contributed by atoms with E-state index in [4.69, 9.17) is 0 Å². The molecule has 0 bridgehead atoms. The third-order valence-electron chi connectivity index (χ3n) is 4.98. The van der Waals surface area contributed by atoms with Crippen molar-refractivity contribution in [3.05, 3.63) is 41.9 Å². The number of H-pyrrole nitrogens is 1. The fourth-order valence-electron chi connectivity index (χ4n) is 3.59. The molecule has 0 unspecified atom stereocenters. The zero-order chi connectivity index (χ0) is 16.7. The van der Waals surface area contributed by atoms with E-state index in [0.29, 0.717) is 0 Å². The predicted octanol–water partition coefficient (Wildman–Crippen LogP) is 2.99. The molecule has 0 spiro atoms. The highest BCUT2D eigenvalue weighted by Gasteiger charge is 2.17. The van der Waals surface area contributed by atoms with Gasteiger partial charge in [0.05, 0.1) is 11.2 Å². The van der Waals surface area contributed by atoms with Crippen molar-refractivity contribution in [3.63, 3.8) is 0 Å². The molecule has 1 saturated heterocycles. The minimum absolute atomic E-state index is 1.04. The number of aromatic amines is 1. The number of aryl methyl sites for hydroxylation is 2. The SMILES string of the molecule is Cc1n[nH]c(C)c1-c1ccc2nccc(N3CCN(C)CC3)c2c1. The Labute approximate surface area is 142 Å². The van der Waals surface area contributed by atoms with E-state index in [1.54, 1.807) is 0 Å². The second-order valence-corrected chi connectivity index (χ2v) is 6.66. The number of nitrogens with one attached hydrogen (secondary N) is 1. The maximum absolute atomic E-state index is 4.56. The maximum Gasteiger partial charge on any atom is 0.0723 e. The molecular formula is C19H23N5. The van der Waals surface area contributed by atoms with Crippen LogP contribution in [0.25, 0.3) is 22.0 Å². The van der Waals surface area contributed by atoms with Crippen molar-refractivity contribution in [1.29, 1.82) is 0 Å². The van der Waals surface area contributed by atoms with Crippen LogP contribution >= 0.6 is 0 Å².